The maximum atomic E-state index is 13.3. The van der Waals surface area contributed by atoms with Crippen LogP contribution in [0.4, 0.5) is 0 Å². The van der Waals surface area contributed by atoms with Crippen LogP contribution in [0.1, 0.15) is 36.1 Å². The van der Waals surface area contributed by atoms with Crippen molar-refractivity contribution in [2.24, 2.45) is 0 Å². The van der Waals surface area contributed by atoms with Crippen LogP contribution in [0.25, 0.3) is 0 Å². The van der Waals surface area contributed by atoms with Crippen LogP contribution in [0.5, 0.6) is 0 Å². The highest BCUT2D eigenvalue weighted by Gasteiger charge is 2.30. The first-order chi connectivity index (χ1) is 12.7. The van der Waals surface area contributed by atoms with Crippen molar-refractivity contribution in [3.63, 3.8) is 0 Å². The number of aryl methyl sites for hydroxylation is 2. The highest BCUT2D eigenvalue weighted by molar-refractivity contribution is 5.79. The Balaban J connectivity index is 1.55. The van der Waals surface area contributed by atoms with E-state index in [-0.39, 0.29) is 11.9 Å². The fraction of sp³-hybridized carbons (Fsp3) is 0.524. The van der Waals surface area contributed by atoms with Crippen molar-refractivity contribution in [3.8, 4) is 0 Å². The van der Waals surface area contributed by atoms with Crippen molar-refractivity contribution in [1.82, 2.24) is 19.6 Å². The van der Waals surface area contributed by atoms with Crippen LogP contribution in [0.15, 0.2) is 36.5 Å². The number of aromatic nitrogens is 2. The molecule has 1 amide bonds. The van der Waals surface area contributed by atoms with Crippen molar-refractivity contribution in [3.05, 3.63) is 53.3 Å². The summed E-state index contributed by atoms with van der Waals surface area (Å²) in [5, 5.41) is 4.44. The molecule has 1 aromatic carbocycles. The van der Waals surface area contributed by atoms with Crippen molar-refractivity contribution >= 4 is 5.91 Å². The van der Waals surface area contributed by atoms with Gasteiger partial charge in [0.15, 0.2) is 0 Å². The van der Waals surface area contributed by atoms with Gasteiger partial charge in [-0.3, -0.25) is 9.48 Å². The molecule has 1 saturated heterocycles. The summed E-state index contributed by atoms with van der Waals surface area (Å²) in [5.41, 5.74) is 3.47. The van der Waals surface area contributed by atoms with Gasteiger partial charge < -0.3 is 9.80 Å². The molecule has 3 heterocycles. The van der Waals surface area contributed by atoms with E-state index >= 15 is 0 Å². The molecule has 0 radical (unpaired) electrons. The van der Waals surface area contributed by atoms with E-state index in [0.717, 1.165) is 30.8 Å². The minimum absolute atomic E-state index is 0.234. The molecule has 1 aromatic heterocycles. The Morgan fingerprint density at radius 1 is 1.15 bits per heavy atom. The number of carbonyl (C=O) groups is 1. The van der Waals surface area contributed by atoms with E-state index in [0.29, 0.717) is 13.0 Å². The van der Waals surface area contributed by atoms with Crippen LogP contribution in [-0.4, -0.2) is 51.2 Å². The second-order valence-corrected chi connectivity index (χ2v) is 7.62. The van der Waals surface area contributed by atoms with Crippen molar-refractivity contribution in [2.45, 2.75) is 51.7 Å². The van der Waals surface area contributed by atoms with Crippen LogP contribution in [0.3, 0.4) is 0 Å². The Morgan fingerprint density at radius 3 is 2.77 bits per heavy atom. The van der Waals surface area contributed by atoms with Gasteiger partial charge in [0.2, 0.25) is 5.91 Å². The highest BCUT2D eigenvalue weighted by Crippen LogP contribution is 2.21. The summed E-state index contributed by atoms with van der Waals surface area (Å²) in [6.45, 7) is 6.98. The van der Waals surface area contributed by atoms with Crippen molar-refractivity contribution in [2.75, 3.05) is 19.6 Å². The number of likely N-dealkylation sites (tertiary alicyclic amines) is 1. The fourth-order valence-corrected chi connectivity index (χ4v) is 4.24. The summed E-state index contributed by atoms with van der Waals surface area (Å²) in [5.74, 6) is 0.234. The third kappa shape index (κ3) is 3.68. The van der Waals surface area contributed by atoms with Crippen LogP contribution in [-0.2, 0) is 24.3 Å². The lowest BCUT2D eigenvalue weighted by molar-refractivity contribution is -0.134. The lowest BCUT2D eigenvalue weighted by Crippen LogP contribution is -2.46. The Kier molecular flexibility index (Phi) is 5.07. The molecule has 1 atom stereocenters. The molecule has 2 aromatic rings. The zero-order chi connectivity index (χ0) is 17.9. The van der Waals surface area contributed by atoms with Gasteiger partial charge >= 0.3 is 0 Å². The molecule has 2 aliphatic heterocycles. The van der Waals surface area contributed by atoms with E-state index in [1.807, 2.05) is 24.4 Å². The van der Waals surface area contributed by atoms with Gasteiger partial charge in [0.1, 0.15) is 0 Å². The van der Waals surface area contributed by atoms with E-state index in [4.69, 9.17) is 0 Å². The zero-order valence-corrected chi connectivity index (χ0v) is 15.6. The maximum Gasteiger partial charge on any atom is 0.227 e. The number of hydrogen-bond donors (Lipinski definition) is 0. The summed E-state index contributed by atoms with van der Waals surface area (Å²) in [4.78, 5) is 17.9. The largest absolute Gasteiger partial charge is 0.332 e. The molecular weight excluding hydrogens is 324 g/mol. The Bertz CT molecular complexity index is 763. The monoisotopic (exact) mass is 352 g/mol. The highest BCUT2D eigenvalue weighted by atomic mass is 16.2. The van der Waals surface area contributed by atoms with E-state index in [9.17, 15) is 4.79 Å². The molecule has 0 saturated carbocycles. The molecule has 1 fully saturated rings. The average molecular weight is 352 g/mol. The van der Waals surface area contributed by atoms with Crippen LogP contribution in [0, 0.1) is 6.92 Å². The predicted octanol–water partition coefficient (Wildman–Crippen LogP) is 2.63. The van der Waals surface area contributed by atoms with E-state index < -0.39 is 0 Å². The Morgan fingerprint density at radius 2 is 1.96 bits per heavy atom. The van der Waals surface area contributed by atoms with Gasteiger partial charge in [-0.2, -0.15) is 5.10 Å². The second kappa shape index (κ2) is 7.62. The van der Waals surface area contributed by atoms with Gasteiger partial charge in [-0.1, -0.05) is 24.3 Å². The number of hydrogen-bond acceptors (Lipinski definition) is 3. The average Bonchev–Trinajstić information content (AvgIpc) is 3.27. The smallest absolute Gasteiger partial charge is 0.227 e. The molecule has 0 aliphatic carbocycles. The molecule has 2 aliphatic rings. The summed E-state index contributed by atoms with van der Waals surface area (Å²) >= 11 is 0. The molecule has 4 rings (SSSR count). The topological polar surface area (TPSA) is 41.4 Å². The fourth-order valence-electron chi connectivity index (χ4n) is 4.24. The van der Waals surface area contributed by atoms with Crippen LogP contribution < -0.4 is 0 Å². The predicted molar refractivity (Wildman–Crippen MR) is 102 cm³/mol. The summed E-state index contributed by atoms with van der Waals surface area (Å²) < 4.78 is 2.07. The van der Waals surface area contributed by atoms with E-state index in [1.54, 1.807) is 0 Å². The van der Waals surface area contributed by atoms with E-state index in [1.165, 1.54) is 31.5 Å². The van der Waals surface area contributed by atoms with Gasteiger partial charge in [0, 0.05) is 25.3 Å². The Labute approximate surface area is 155 Å². The molecule has 0 spiro atoms. The number of benzene rings is 1. The molecule has 1 unspecified atom stereocenters. The third-order valence-electron chi connectivity index (χ3n) is 5.84. The Hall–Kier alpha value is -2.14. The standard InChI is InChI=1S/C21H28N4O/c1-17-6-2-3-7-18(17)14-21(26)24-16-20-8-10-22-25(20)13-9-19(24)15-23-11-4-5-12-23/h2-3,6-8,10,19H,4-5,9,11-16H2,1H3. The minimum atomic E-state index is 0.234. The molecule has 5 heteroatoms. The van der Waals surface area contributed by atoms with Gasteiger partial charge in [-0.25, -0.2) is 0 Å². The normalized spacial score (nSPS) is 20.8. The molecular formula is C21H28N4O. The molecule has 5 nitrogen and oxygen atoms in total. The lowest BCUT2D eigenvalue weighted by atomic mass is 10.0. The lowest BCUT2D eigenvalue weighted by Gasteiger charge is -2.33. The van der Waals surface area contributed by atoms with Gasteiger partial charge in [0.05, 0.1) is 18.7 Å². The summed E-state index contributed by atoms with van der Waals surface area (Å²) in [7, 11) is 0. The van der Waals surface area contributed by atoms with Crippen molar-refractivity contribution < 1.29 is 4.79 Å². The molecule has 138 valence electrons. The zero-order valence-electron chi connectivity index (χ0n) is 15.6. The molecule has 26 heavy (non-hydrogen) atoms. The number of carbonyl (C=O) groups excluding carboxylic acids is 1. The van der Waals surface area contributed by atoms with Crippen LogP contribution >= 0.6 is 0 Å². The minimum Gasteiger partial charge on any atom is -0.332 e. The first kappa shape index (κ1) is 17.3. The van der Waals surface area contributed by atoms with Gasteiger partial charge in [-0.05, 0) is 56.5 Å². The molecule has 0 N–H and O–H groups in total. The van der Waals surface area contributed by atoms with Crippen molar-refractivity contribution in [1.29, 1.82) is 0 Å². The summed E-state index contributed by atoms with van der Waals surface area (Å²) in [6, 6.07) is 10.5. The SMILES string of the molecule is Cc1ccccc1CC(=O)N1Cc2ccnn2CCC1CN1CCCC1. The maximum absolute atomic E-state index is 13.3. The van der Waals surface area contributed by atoms with Crippen LogP contribution in [0.2, 0.25) is 0 Å². The third-order valence-corrected chi connectivity index (χ3v) is 5.84. The number of amides is 1. The molecule has 0 bridgehead atoms. The first-order valence-electron chi connectivity index (χ1n) is 9.78. The van der Waals surface area contributed by atoms with Gasteiger partial charge in [-0.15, -0.1) is 0 Å². The number of nitrogens with zero attached hydrogens (tertiary/aromatic N) is 4. The quantitative estimate of drug-likeness (QED) is 0.849. The number of fused-ring (bicyclic) bond motifs is 1. The van der Waals surface area contributed by atoms with Gasteiger partial charge in [0.25, 0.3) is 0 Å². The summed E-state index contributed by atoms with van der Waals surface area (Å²) in [6.07, 6.45) is 5.87. The van der Waals surface area contributed by atoms with E-state index in [2.05, 4.69) is 38.6 Å². The first-order valence-corrected chi connectivity index (χ1v) is 9.78. The number of rotatable bonds is 4. The second-order valence-electron chi connectivity index (χ2n) is 7.62.